The Labute approximate surface area is 245 Å². The number of fused-ring (bicyclic) bond motifs is 1. The van der Waals surface area contributed by atoms with Gasteiger partial charge in [0.1, 0.15) is 6.11 Å². The Morgan fingerprint density at radius 1 is 0.975 bits per heavy atom. The van der Waals surface area contributed by atoms with Crippen molar-refractivity contribution in [3.63, 3.8) is 0 Å². The Kier molecular flexibility index (Phi) is 7.43. The van der Waals surface area contributed by atoms with Crippen molar-refractivity contribution in [2.45, 2.75) is 66.2 Å². The first-order chi connectivity index (χ1) is 19.1. The number of halogens is 1. The molecule has 0 radical (unpaired) electrons. The van der Waals surface area contributed by atoms with Gasteiger partial charge < -0.3 is 9.47 Å². The Hall–Kier alpha value is -3.37. The molecule has 6 aliphatic rings. The summed E-state index contributed by atoms with van der Waals surface area (Å²) in [7, 11) is 0. The van der Waals surface area contributed by atoms with Crippen molar-refractivity contribution in [1.82, 2.24) is 0 Å². The predicted octanol–water partition coefficient (Wildman–Crippen LogP) is 5.00. The molecule has 1 spiro atoms. The van der Waals surface area contributed by atoms with E-state index in [0.717, 1.165) is 38.5 Å². The summed E-state index contributed by atoms with van der Waals surface area (Å²) in [5.41, 5.74) is 0.0125. The van der Waals surface area contributed by atoms with E-state index in [4.69, 9.17) is 9.47 Å². The molecule has 2 bridgehead atoms. The molecule has 1 heterocycles. The number of cyclic esters (lactones) is 2. The Bertz CT molecular complexity index is 1510. The number of hydrogen-bond acceptors (Lipinski definition) is 5. The number of carbonyl (C=O) groups excluding carboxylic acids is 3. The summed E-state index contributed by atoms with van der Waals surface area (Å²) >= 11 is 2.94. The van der Waals surface area contributed by atoms with Crippen LogP contribution in [0.5, 0.6) is 0 Å². The lowest BCUT2D eigenvalue weighted by Crippen LogP contribution is -2.65. The molecule has 5 nitrogen and oxygen atoms in total. The van der Waals surface area contributed by atoms with Crippen LogP contribution in [-0.4, -0.2) is 17.9 Å². The van der Waals surface area contributed by atoms with Crippen molar-refractivity contribution in [3.05, 3.63) is 11.6 Å². The average molecular weight is 600 g/mol. The molecule has 0 aromatic carbocycles. The highest BCUT2D eigenvalue weighted by molar-refractivity contribution is 9.12. The Morgan fingerprint density at radius 3 is 2.33 bits per heavy atom. The molecule has 0 N–H and O–H groups in total. The van der Waals surface area contributed by atoms with Crippen LogP contribution in [0.2, 0.25) is 0 Å². The fraction of sp³-hybridized carbons (Fsp3) is 0.559. The second-order valence-electron chi connectivity index (χ2n) is 12.5. The van der Waals surface area contributed by atoms with E-state index < -0.39 is 16.7 Å². The van der Waals surface area contributed by atoms with Gasteiger partial charge in [0.2, 0.25) is 0 Å². The number of hydrogen-bond donors (Lipinski definition) is 0. The minimum atomic E-state index is -0.699. The summed E-state index contributed by atoms with van der Waals surface area (Å²) in [6, 6.07) is 0. The van der Waals surface area contributed by atoms with E-state index in [1.54, 1.807) is 0 Å². The van der Waals surface area contributed by atoms with Gasteiger partial charge in [-0.05, 0) is 96.6 Å². The lowest BCUT2D eigenvalue weighted by molar-refractivity contribution is -0.194. The standard InChI is InChI=1S/C34H31BrO5/c1-22(2)24-21-34-17-14-25-32(3,26(34)20-23(24)27-28(34)30(37)40-29(27)36)15-13-16-33(25,4)31(38)39-19-12-10-8-6-5-7-9-11-18-35/h21-23,25-28H,13-17,20H2,1-4H3. The molecule has 8 unspecified atom stereocenters. The zero-order valence-corrected chi connectivity index (χ0v) is 24.8. The highest BCUT2D eigenvalue weighted by Gasteiger charge is 2.73. The second kappa shape index (κ2) is 10.6. The minimum Gasteiger partial charge on any atom is -0.393 e. The van der Waals surface area contributed by atoms with Crippen LogP contribution in [0.3, 0.4) is 0 Å². The quantitative estimate of drug-likeness (QED) is 0.194. The first kappa shape index (κ1) is 28.2. The number of allylic oxidation sites excluding steroid dienone is 2. The van der Waals surface area contributed by atoms with Crippen molar-refractivity contribution in [1.29, 1.82) is 0 Å². The molecule has 4 fully saturated rings. The van der Waals surface area contributed by atoms with Gasteiger partial charge in [-0.3, -0.25) is 14.4 Å². The van der Waals surface area contributed by atoms with Crippen LogP contribution in [0.25, 0.3) is 0 Å². The van der Waals surface area contributed by atoms with Crippen LogP contribution >= 0.6 is 15.9 Å². The van der Waals surface area contributed by atoms with Gasteiger partial charge in [-0.1, -0.05) is 38.8 Å². The van der Waals surface area contributed by atoms with Crippen LogP contribution in [0.15, 0.2) is 11.6 Å². The predicted molar refractivity (Wildman–Crippen MR) is 152 cm³/mol. The lowest BCUT2D eigenvalue weighted by Gasteiger charge is -2.68. The smallest absolute Gasteiger partial charge is 0.326 e. The minimum absolute atomic E-state index is 0.0161. The molecule has 6 heteroatoms. The number of carbonyl (C=O) groups is 3. The highest BCUT2D eigenvalue weighted by Crippen LogP contribution is 2.74. The third-order valence-corrected chi connectivity index (χ3v) is 10.8. The largest absolute Gasteiger partial charge is 0.393 e. The number of rotatable bonds is 2. The van der Waals surface area contributed by atoms with Crippen molar-refractivity contribution in [3.8, 4) is 58.3 Å². The maximum absolute atomic E-state index is 13.5. The van der Waals surface area contributed by atoms with Crippen LogP contribution in [0.4, 0.5) is 0 Å². The van der Waals surface area contributed by atoms with E-state index in [0.29, 0.717) is 5.92 Å². The molecule has 0 amide bonds. The van der Waals surface area contributed by atoms with E-state index in [2.05, 4.69) is 101 Å². The molecule has 204 valence electrons. The topological polar surface area (TPSA) is 69.7 Å². The average Bonchev–Trinajstić information content (AvgIpc) is 3.24. The second-order valence-corrected chi connectivity index (χ2v) is 12.9. The highest BCUT2D eigenvalue weighted by atomic mass is 79.9. The molecular weight excluding hydrogens is 568 g/mol. The summed E-state index contributed by atoms with van der Waals surface area (Å²) in [6.07, 6.45) is 9.81. The van der Waals surface area contributed by atoms with E-state index in [9.17, 15) is 14.4 Å². The summed E-state index contributed by atoms with van der Waals surface area (Å²) in [6.45, 7) is 8.65. The van der Waals surface area contributed by atoms with Crippen molar-refractivity contribution in [2.75, 3.05) is 0 Å². The van der Waals surface area contributed by atoms with E-state index >= 15 is 0 Å². The van der Waals surface area contributed by atoms with E-state index in [1.165, 1.54) is 5.57 Å². The SMILES string of the molecule is CC(C)C1=CC23CCC4C(C)(C(=O)OC#CC#CC#CC#CC#CBr)CCCC4(C)C2CC1C1C(=O)OC(=O)C13. The fourth-order valence-corrected chi connectivity index (χ4v) is 9.27. The molecule has 0 aromatic rings. The molecule has 1 aliphatic heterocycles. The van der Waals surface area contributed by atoms with E-state index in [-0.39, 0.29) is 47.0 Å². The maximum Gasteiger partial charge on any atom is 0.326 e. The van der Waals surface area contributed by atoms with Crippen LogP contribution in [0, 0.1) is 110 Å². The number of esters is 3. The molecule has 3 saturated carbocycles. The zero-order valence-electron chi connectivity index (χ0n) is 23.2. The molecule has 0 aromatic heterocycles. The maximum atomic E-state index is 13.5. The van der Waals surface area contributed by atoms with Gasteiger partial charge in [0, 0.05) is 45.0 Å². The van der Waals surface area contributed by atoms with Crippen molar-refractivity contribution in [2.24, 2.45) is 51.8 Å². The summed E-state index contributed by atoms with van der Waals surface area (Å²) in [5.74, 6) is 19.1. The summed E-state index contributed by atoms with van der Waals surface area (Å²) < 4.78 is 10.7. The molecule has 5 aliphatic carbocycles. The molecule has 8 atom stereocenters. The van der Waals surface area contributed by atoms with Gasteiger partial charge in [-0.15, -0.1) is 0 Å². The first-order valence-electron chi connectivity index (χ1n) is 13.9. The van der Waals surface area contributed by atoms with Gasteiger partial charge in [0.05, 0.1) is 17.3 Å². The Balaban J connectivity index is 1.40. The molecule has 6 rings (SSSR count). The normalized spacial score (nSPS) is 37.9. The van der Waals surface area contributed by atoms with Gasteiger partial charge in [-0.25, -0.2) is 0 Å². The zero-order chi connectivity index (χ0) is 28.7. The lowest BCUT2D eigenvalue weighted by atomic mass is 9.34. The molecular formula is C34H31BrO5. The van der Waals surface area contributed by atoms with Crippen molar-refractivity contribution < 1.29 is 23.9 Å². The van der Waals surface area contributed by atoms with Crippen molar-refractivity contribution >= 4 is 33.8 Å². The van der Waals surface area contributed by atoms with Gasteiger partial charge in [-0.2, -0.15) is 0 Å². The molecule has 1 saturated heterocycles. The van der Waals surface area contributed by atoms with Gasteiger partial charge >= 0.3 is 17.9 Å². The fourth-order valence-electron chi connectivity index (χ4n) is 9.17. The summed E-state index contributed by atoms with van der Waals surface area (Å²) in [4.78, 5) is 42.0. The van der Waals surface area contributed by atoms with Gasteiger partial charge in [0.15, 0.2) is 0 Å². The first-order valence-corrected chi connectivity index (χ1v) is 14.7. The summed E-state index contributed by atoms with van der Waals surface area (Å²) in [5, 5.41) is 0. The molecule has 40 heavy (non-hydrogen) atoms. The van der Waals surface area contributed by atoms with Crippen LogP contribution in [-0.2, 0) is 23.9 Å². The Morgan fingerprint density at radius 2 is 1.65 bits per heavy atom. The van der Waals surface area contributed by atoms with Gasteiger partial charge in [0.25, 0.3) is 0 Å². The van der Waals surface area contributed by atoms with Crippen LogP contribution < -0.4 is 0 Å². The third kappa shape index (κ3) is 4.28. The van der Waals surface area contributed by atoms with E-state index in [1.807, 2.05) is 6.92 Å². The number of ether oxygens (including phenoxy) is 2. The van der Waals surface area contributed by atoms with Crippen LogP contribution in [0.1, 0.15) is 66.2 Å². The third-order valence-electron chi connectivity index (χ3n) is 10.6. The monoisotopic (exact) mass is 598 g/mol.